The van der Waals surface area contributed by atoms with E-state index in [0.717, 1.165) is 32.1 Å². The number of alkyl halides is 3. The van der Waals surface area contributed by atoms with E-state index in [1.165, 1.54) is 0 Å². The number of nitrogens with zero attached hydrogens (tertiary/aromatic N) is 4. The Morgan fingerprint density at radius 2 is 1.84 bits per heavy atom. The van der Waals surface area contributed by atoms with Gasteiger partial charge in [-0.3, -0.25) is 0 Å². The van der Waals surface area contributed by atoms with Gasteiger partial charge in [-0.15, -0.1) is 0 Å². The van der Waals surface area contributed by atoms with Crippen LogP contribution in [0.15, 0.2) is 16.8 Å². The van der Waals surface area contributed by atoms with Crippen LogP contribution in [0, 0.1) is 0 Å². The monoisotopic (exact) mass is 276 g/mol. The fraction of sp³-hybridized carbons (Fsp3) is 0.750. The predicted molar refractivity (Wildman–Crippen MR) is 67.9 cm³/mol. The van der Waals surface area contributed by atoms with Crippen LogP contribution in [0.1, 0.15) is 6.42 Å². The summed E-state index contributed by atoms with van der Waals surface area (Å²) >= 11 is 0. The minimum absolute atomic E-state index is 0.250. The molecule has 0 aromatic heterocycles. The standard InChI is InChI=1S/C12H19F3N4/c1-17-5-3-6-19(9-8-17)11-16-10(12(13,14)15)4-7-18(11)2/h4H,3,5-9H2,1-2H3. The number of hydrogen-bond donors (Lipinski definition) is 0. The minimum atomic E-state index is -4.37. The van der Waals surface area contributed by atoms with Crippen LogP contribution in [0.2, 0.25) is 0 Å². The van der Waals surface area contributed by atoms with Crippen LogP contribution < -0.4 is 0 Å². The molecule has 4 nitrogen and oxygen atoms in total. The zero-order valence-corrected chi connectivity index (χ0v) is 11.2. The lowest BCUT2D eigenvalue weighted by atomic mass is 10.3. The summed E-state index contributed by atoms with van der Waals surface area (Å²) in [5, 5.41) is 0. The molecule has 108 valence electrons. The molecule has 0 spiro atoms. The van der Waals surface area contributed by atoms with Crippen molar-refractivity contribution in [3.63, 3.8) is 0 Å². The molecular formula is C12H19F3N4. The Kier molecular flexibility index (Phi) is 4.03. The number of likely N-dealkylation sites (N-methyl/N-ethyl adjacent to an activating group) is 2. The largest absolute Gasteiger partial charge is 0.433 e. The fourth-order valence-corrected chi connectivity index (χ4v) is 2.28. The van der Waals surface area contributed by atoms with Gasteiger partial charge in [0, 0.05) is 33.2 Å². The van der Waals surface area contributed by atoms with Crippen LogP contribution in [-0.2, 0) is 0 Å². The Hall–Kier alpha value is -1.24. The smallest absolute Gasteiger partial charge is 0.342 e. The Morgan fingerprint density at radius 3 is 2.53 bits per heavy atom. The highest BCUT2D eigenvalue weighted by molar-refractivity contribution is 5.82. The molecule has 7 heteroatoms. The highest BCUT2D eigenvalue weighted by Gasteiger charge is 2.36. The number of guanidine groups is 1. The Bertz CT molecular complexity index is 389. The number of halogens is 3. The van der Waals surface area contributed by atoms with Gasteiger partial charge in [-0.25, -0.2) is 4.99 Å². The van der Waals surface area contributed by atoms with Crippen molar-refractivity contribution >= 4 is 5.96 Å². The lowest BCUT2D eigenvalue weighted by molar-refractivity contribution is -0.0932. The maximum absolute atomic E-state index is 12.7. The lowest BCUT2D eigenvalue weighted by Gasteiger charge is -2.33. The molecule has 0 amide bonds. The SMILES string of the molecule is CN1CCCN(C2=NC(C(F)(F)F)=CCN2C)CC1. The second-order valence-corrected chi connectivity index (χ2v) is 5.02. The molecule has 0 bridgehead atoms. The van der Waals surface area contributed by atoms with Gasteiger partial charge in [0.05, 0.1) is 0 Å². The highest BCUT2D eigenvalue weighted by Crippen LogP contribution is 2.28. The van der Waals surface area contributed by atoms with E-state index >= 15 is 0 Å². The van der Waals surface area contributed by atoms with Crippen molar-refractivity contribution in [2.75, 3.05) is 46.8 Å². The summed E-state index contributed by atoms with van der Waals surface area (Å²) in [5.41, 5.74) is -0.779. The molecule has 0 aromatic rings. The molecule has 0 aromatic carbocycles. The first-order chi connectivity index (χ1) is 8.88. The quantitative estimate of drug-likeness (QED) is 0.667. The van der Waals surface area contributed by atoms with Crippen molar-refractivity contribution in [3.8, 4) is 0 Å². The zero-order chi connectivity index (χ0) is 14.0. The molecule has 0 N–H and O–H groups in total. The zero-order valence-electron chi connectivity index (χ0n) is 11.2. The van der Waals surface area contributed by atoms with E-state index in [4.69, 9.17) is 0 Å². The molecule has 2 aliphatic heterocycles. The molecule has 1 fully saturated rings. The molecule has 0 unspecified atom stereocenters. The van der Waals surface area contributed by atoms with Crippen LogP contribution in [0.3, 0.4) is 0 Å². The lowest BCUT2D eigenvalue weighted by Crippen LogP contribution is -2.46. The number of rotatable bonds is 0. The third kappa shape index (κ3) is 3.40. The predicted octanol–water partition coefficient (Wildman–Crippen LogP) is 1.37. The summed E-state index contributed by atoms with van der Waals surface area (Å²) in [7, 11) is 3.80. The summed E-state index contributed by atoms with van der Waals surface area (Å²) < 4.78 is 38.2. The van der Waals surface area contributed by atoms with E-state index in [1.807, 2.05) is 11.9 Å². The molecule has 0 radical (unpaired) electrons. The Balaban J connectivity index is 2.16. The van der Waals surface area contributed by atoms with E-state index < -0.39 is 11.9 Å². The topological polar surface area (TPSA) is 22.1 Å². The molecule has 2 rings (SSSR count). The molecule has 0 atom stereocenters. The van der Waals surface area contributed by atoms with Crippen LogP contribution in [0.4, 0.5) is 13.2 Å². The van der Waals surface area contributed by atoms with Gasteiger partial charge in [-0.2, -0.15) is 13.2 Å². The average molecular weight is 276 g/mol. The summed E-state index contributed by atoms with van der Waals surface area (Å²) in [6.45, 7) is 3.52. The molecule has 0 saturated carbocycles. The summed E-state index contributed by atoms with van der Waals surface area (Å²) in [5.74, 6) is 0.435. The van der Waals surface area contributed by atoms with Gasteiger partial charge < -0.3 is 14.7 Å². The third-order valence-corrected chi connectivity index (χ3v) is 3.41. The maximum Gasteiger partial charge on any atom is 0.433 e. The second-order valence-electron chi connectivity index (χ2n) is 5.02. The minimum Gasteiger partial charge on any atom is -0.342 e. The number of aliphatic imine (C=N–C) groups is 1. The van der Waals surface area contributed by atoms with Crippen molar-refractivity contribution < 1.29 is 13.2 Å². The normalized spacial score (nSPS) is 23.0. The highest BCUT2D eigenvalue weighted by atomic mass is 19.4. The van der Waals surface area contributed by atoms with Crippen LogP contribution >= 0.6 is 0 Å². The molecule has 19 heavy (non-hydrogen) atoms. The van der Waals surface area contributed by atoms with E-state index in [2.05, 4.69) is 9.89 Å². The molecular weight excluding hydrogens is 257 g/mol. The van der Waals surface area contributed by atoms with Crippen molar-refractivity contribution in [1.29, 1.82) is 0 Å². The van der Waals surface area contributed by atoms with E-state index in [-0.39, 0.29) is 6.54 Å². The van der Waals surface area contributed by atoms with Crippen molar-refractivity contribution in [1.82, 2.24) is 14.7 Å². The third-order valence-electron chi connectivity index (χ3n) is 3.41. The first kappa shape index (κ1) is 14.2. The first-order valence-corrected chi connectivity index (χ1v) is 6.38. The molecule has 0 aliphatic carbocycles. The van der Waals surface area contributed by atoms with Gasteiger partial charge in [0.2, 0.25) is 5.96 Å². The van der Waals surface area contributed by atoms with E-state index in [0.29, 0.717) is 12.5 Å². The maximum atomic E-state index is 12.7. The Labute approximate surface area is 111 Å². The van der Waals surface area contributed by atoms with Gasteiger partial charge in [-0.05, 0) is 26.1 Å². The second kappa shape index (κ2) is 5.40. The summed E-state index contributed by atoms with van der Waals surface area (Å²) in [6.07, 6.45) is -2.29. The van der Waals surface area contributed by atoms with Crippen molar-refractivity contribution in [2.24, 2.45) is 4.99 Å². The van der Waals surface area contributed by atoms with Gasteiger partial charge >= 0.3 is 6.18 Å². The van der Waals surface area contributed by atoms with Gasteiger partial charge in [0.25, 0.3) is 0 Å². The molecule has 2 aliphatic rings. The van der Waals surface area contributed by atoms with E-state index in [1.54, 1.807) is 11.9 Å². The van der Waals surface area contributed by atoms with Gasteiger partial charge in [-0.1, -0.05) is 0 Å². The number of allylic oxidation sites excluding steroid dienone is 1. The Morgan fingerprint density at radius 1 is 1.11 bits per heavy atom. The van der Waals surface area contributed by atoms with E-state index in [9.17, 15) is 13.2 Å². The van der Waals surface area contributed by atoms with Crippen LogP contribution in [0.5, 0.6) is 0 Å². The molecule has 2 heterocycles. The van der Waals surface area contributed by atoms with Gasteiger partial charge in [0.1, 0.15) is 5.70 Å². The average Bonchev–Trinajstić information content (AvgIpc) is 2.53. The van der Waals surface area contributed by atoms with Gasteiger partial charge in [0.15, 0.2) is 0 Å². The van der Waals surface area contributed by atoms with Crippen molar-refractivity contribution in [3.05, 3.63) is 11.8 Å². The molecule has 1 saturated heterocycles. The first-order valence-electron chi connectivity index (χ1n) is 6.38. The summed E-state index contributed by atoms with van der Waals surface area (Å²) in [4.78, 5) is 9.71. The summed E-state index contributed by atoms with van der Waals surface area (Å²) in [6, 6.07) is 0. The van der Waals surface area contributed by atoms with Crippen LogP contribution in [0.25, 0.3) is 0 Å². The van der Waals surface area contributed by atoms with Crippen molar-refractivity contribution in [2.45, 2.75) is 12.6 Å². The number of hydrogen-bond acceptors (Lipinski definition) is 4. The van der Waals surface area contributed by atoms with Crippen LogP contribution in [-0.4, -0.2) is 73.7 Å². The fourth-order valence-electron chi connectivity index (χ4n) is 2.28.